The maximum atomic E-state index is 12.6. The molecule has 0 saturated carbocycles. The fraction of sp³-hybridized carbons (Fsp3) is 0.429. The highest BCUT2D eigenvalue weighted by Crippen LogP contribution is 2.23. The first-order valence-electron chi connectivity index (χ1n) is 6.98. The molecule has 22 heavy (non-hydrogen) atoms. The molecule has 0 unspecified atom stereocenters. The van der Waals surface area contributed by atoms with Crippen LogP contribution in [0.1, 0.15) is 18.9 Å². The predicted octanol–water partition coefficient (Wildman–Crippen LogP) is 1.65. The molecule has 8 heteroatoms. The monoisotopic (exact) mass is 341 g/mol. The maximum Gasteiger partial charge on any atom is 0.261 e. The Labute approximate surface area is 133 Å². The topological polar surface area (TPSA) is 72.3 Å². The van der Waals surface area contributed by atoms with Gasteiger partial charge in [-0.3, -0.25) is 9.36 Å². The van der Waals surface area contributed by atoms with Gasteiger partial charge in [0.15, 0.2) is 0 Å². The Kier molecular flexibility index (Phi) is 3.96. The zero-order valence-electron chi connectivity index (χ0n) is 12.1. The van der Waals surface area contributed by atoms with E-state index in [1.54, 1.807) is 29.1 Å². The minimum atomic E-state index is -3.17. The first-order valence-corrected chi connectivity index (χ1v) is 9.20. The number of hydrogen-bond acceptors (Lipinski definition) is 4. The number of rotatable bonds is 2. The summed E-state index contributed by atoms with van der Waals surface area (Å²) in [5.41, 5.74) is 0.476. The lowest BCUT2D eigenvalue weighted by atomic mass is 10.1. The van der Waals surface area contributed by atoms with Crippen molar-refractivity contribution >= 4 is 32.5 Å². The van der Waals surface area contributed by atoms with E-state index in [0.717, 1.165) is 0 Å². The summed E-state index contributed by atoms with van der Waals surface area (Å²) < 4.78 is 26.1. The van der Waals surface area contributed by atoms with Crippen molar-refractivity contribution in [2.75, 3.05) is 19.3 Å². The largest absolute Gasteiger partial charge is 0.296 e. The van der Waals surface area contributed by atoms with Crippen LogP contribution < -0.4 is 5.56 Å². The van der Waals surface area contributed by atoms with Crippen LogP contribution in [0.3, 0.4) is 0 Å². The fourth-order valence-electron chi connectivity index (χ4n) is 2.82. The summed E-state index contributed by atoms with van der Waals surface area (Å²) in [7, 11) is -3.17. The van der Waals surface area contributed by atoms with Gasteiger partial charge >= 0.3 is 0 Å². The smallest absolute Gasteiger partial charge is 0.261 e. The van der Waals surface area contributed by atoms with Gasteiger partial charge in [0.2, 0.25) is 10.0 Å². The number of sulfonamides is 1. The van der Waals surface area contributed by atoms with E-state index >= 15 is 0 Å². The van der Waals surface area contributed by atoms with Crippen LogP contribution in [0.2, 0.25) is 5.02 Å². The van der Waals surface area contributed by atoms with E-state index in [9.17, 15) is 13.2 Å². The number of piperidine rings is 1. The van der Waals surface area contributed by atoms with Crippen molar-refractivity contribution in [3.8, 4) is 0 Å². The van der Waals surface area contributed by atoms with E-state index < -0.39 is 10.0 Å². The molecule has 3 rings (SSSR count). The van der Waals surface area contributed by atoms with Crippen LogP contribution in [0.4, 0.5) is 0 Å². The van der Waals surface area contributed by atoms with E-state index in [-0.39, 0.29) is 11.6 Å². The Morgan fingerprint density at radius 2 is 1.95 bits per heavy atom. The Morgan fingerprint density at radius 1 is 1.27 bits per heavy atom. The van der Waals surface area contributed by atoms with Crippen LogP contribution >= 0.6 is 11.6 Å². The number of benzene rings is 1. The van der Waals surface area contributed by atoms with Crippen molar-refractivity contribution in [3.05, 3.63) is 39.9 Å². The highest BCUT2D eigenvalue weighted by atomic mass is 35.5. The molecule has 118 valence electrons. The van der Waals surface area contributed by atoms with Crippen LogP contribution in [0, 0.1) is 0 Å². The Hall–Kier alpha value is -1.44. The highest BCUT2D eigenvalue weighted by Gasteiger charge is 2.26. The first kappa shape index (κ1) is 15.5. The molecule has 1 saturated heterocycles. The molecule has 1 aromatic carbocycles. The standard InChI is InChI=1S/C14H16ClN3O3S/c1-22(20,21)17-6-4-11(5-7-17)18-9-16-13-3-2-10(15)8-12(13)14(18)19/h2-3,8-9,11H,4-7H2,1H3. The zero-order valence-corrected chi connectivity index (χ0v) is 13.6. The summed E-state index contributed by atoms with van der Waals surface area (Å²) >= 11 is 5.95. The molecule has 0 bridgehead atoms. The van der Waals surface area contributed by atoms with Gasteiger partial charge in [0.1, 0.15) is 0 Å². The third-order valence-electron chi connectivity index (χ3n) is 4.03. The van der Waals surface area contributed by atoms with Gasteiger partial charge in [-0.15, -0.1) is 0 Å². The van der Waals surface area contributed by atoms with E-state index in [1.807, 2.05) is 0 Å². The average molecular weight is 342 g/mol. The second-order valence-corrected chi connectivity index (χ2v) is 7.93. The van der Waals surface area contributed by atoms with Gasteiger partial charge in [-0.05, 0) is 31.0 Å². The van der Waals surface area contributed by atoms with Crippen molar-refractivity contribution in [1.82, 2.24) is 13.9 Å². The van der Waals surface area contributed by atoms with E-state index in [1.165, 1.54) is 10.6 Å². The molecule has 0 radical (unpaired) electrons. The van der Waals surface area contributed by atoms with Crippen molar-refractivity contribution in [3.63, 3.8) is 0 Å². The summed E-state index contributed by atoms with van der Waals surface area (Å²) in [6.07, 6.45) is 3.94. The molecule has 0 aliphatic carbocycles. The van der Waals surface area contributed by atoms with Gasteiger partial charge in [-0.25, -0.2) is 17.7 Å². The molecule has 6 nitrogen and oxygen atoms in total. The summed E-state index contributed by atoms with van der Waals surface area (Å²) in [4.78, 5) is 16.9. The van der Waals surface area contributed by atoms with Crippen molar-refractivity contribution in [1.29, 1.82) is 0 Å². The van der Waals surface area contributed by atoms with Gasteiger partial charge in [0, 0.05) is 24.2 Å². The molecule has 0 atom stereocenters. The Morgan fingerprint density at radius 3 is 2.59 bits per heavy atom. The van der Waals surface area contributed by atoms with Crippen molar-refractivity contribution in [2.45, 2.75) is 18.9 Å². The molecule has 1 aromatic heterocycles. The first-order chi connectivity index (χ1) is 10.4. The summed E-state index contributed by atoms with van der Waals surface area (Å²) in [6.45, 7) is 0.840. The third-order valence-corrected chi connectivity index (χ3v) is 5.57. The van der Waals surface area contributed by atoms with E-state index in [4.69, 9.17) is 11.6 Å². The zero-order chi connectivity index (χ0) is 15.9. The fourth-order valence-corrected chi connectivity index (χ4v) is 3.87. The van der Waals surface area contributed by atoms with Gasteiger partial charge in [-0.2, -0.15) is 0 Å². The van der Waals surface area contributed by atoms with Crippen LogP contribution in [0.5, 0.6) is 0 Å². The third kappa shape index (κ3) is 2.88. The average Bonchev–Trinajstić information content (AvgIpc) is 2.47. The highest BCUT2D eigenvalue weighted by molar-refractivity contribution is 7.88. The van der Waals surface area contributed by atoms with Gasteiger partial charge in [-0.1, -0.05) is 11.6 Å². The SMILES string of the molecule is CS(=O)(=O)N1CCC(n2cnc3ccc(Cl)cc3c2=O)CC1. The number of nitrogens with zero attached hydrogens (tertiary/aromatic N) is 3. The lowest BCUT2D eigenvalue weighted by Crippen LogP contribution is -2.40. The molecule has 0 spiro atoms. The second-order valence-electron chi connectivity index (χ2n) is 5.51. The van der Waals surface area contributed by atoms with E-state index in [0.29, 0.717) is 41.9 Å². The number of aromatic nitrogens is 2. The van der Waals surface area contributed by atoms with Crippen molar-refractivity contribution < 1.29 is 8.42 Å². The molecule has 1 aliphatic heterocycles. The van der Waals surface area contributed by atoms with Crippen molar-refractivity contribution in [2.24, 2.45) is 0 Å². The lowest BCUT2D eigenvalue weighted by molar-refractivity contribution is 0.271. The second kappa shape index (κ2) is 5.64. The molecule has 1 aliphatic rings. The molecule has 0 N–H and O–H groups in total. The molecule has 1 fully saturated rings. The number of hydrogen-bond donors (Lipinski definition) is 0. The number of halogens is 1. The van der Waals surface area contributed by atoms with Crippen LogP contribution in [-0.4, -0.2) is 41.6 Å². The minimum absolute atomic E-state index is 0.0404. The molecule has 2 heterocycles. The molecule has 2 aromatic rings. The molecular formula is C14H16ClN3O3S. The van der Waals surface area contributed by atoms with Crippen LogP contribution in [0.25, 0.3) is 10.9 Å². The van der Waals surface area contributed by atoms with E-state index in [2.05, 4.69) is 4.98 Å². The molecular weight excluding hydrogens is 326 g/mol. The minimum Gasteiger partial charge on any atom is -0.296 e. The normalized spacial score (nSPS) is 17.9. The summed E-state index contributed by atoms with van der Waals surface area (Å²) in [5, 5.41) is 0.983. The quantitative estimate of drug-likeness (QED) is 0.832. The Balaban J connectivity index is 1.92. The summed E-state index contributed by atoms with van der Waals surface area (Å²) in [5.74, 6) is 0. The molecule has 0 amide bonds. The Bertz CT molecular complexity index is 871. The predicted molar refractivity (Wildman–Crippen MR) is 85.7 cm³/mol. The van der Waals surface area contributed by atoms with Crippen LogP contribution in [0.15, 0.2) is 29.3 Å². The van der Waals surface area contributed by atoms with Gasteiger partial charge in [0.05, 0.1) is 23.5 Å². The van der Waals surface area contributed by atoms with Gasteiger partial charge in [0.25, 0.3) is 5.56 Å². The van der Waals surface area contributed by atoms with Crippen LogP contribution in [-0.2, 0) is 10.0 Å². The summed E-state index contributed by atoms with van der Waals surface area (Å²) in [6, 6.07) is 5.00. The lowest BCUT2D eigenvalue weighted by Gasteiger charge is -2.31. The number of fused-ring (bicyclic) bond motifs is 1. The van der Waals surface area contributed by atoms with Gasteiger partial charge < -0.3 is 0 Å². The maximum absolute atomic E-state index is 12.6.